The van der Waals surface area contributed by atoms with Gasteiger partial charge in [0.2, 0.25) is 0 Å². The third-order valence-electron chi connectivity index (χ3n) is 6.85. The van der Waals surface area contributed by atoms with Crippen molar-refractivity contribution in [2.75, 3.05) is 132 Å². The lowest BCUT2D eigenvalue weighted by atomic mass is 9.93. The fraction of sp³-hybridized carbons (Fsp3) is 1.00. The summed E-state index contributed by atoms with van der Waals surface area (Å²) >= 11 is 0. The number of rotatable bonds is 22. The van der Waals surface area contributed by atoms with Gasteiger partial charge in [-0.3, -0.25) is 0 Å². The number of hydrogen-bond donors (Lipinski definition) is 24. The SMILES string of the molecule is OCC(CO)(CO)CO.OCC(CO)(CO)CO.OCC(CO)(CO)CO.OCC(CO)(CO)CO.OCC(CO)(CO)CO.OP(O)OP(O)O. The van der Waals surface area contributed by atoms with Gasteiger partial charge in [-0.15, -0.1) is 0 Å². The molecule has 0 saturated carbocycles. The van der Waals surface area contributed by atoms with E-state index in [-0.39, 0.29) is 0 Å². The molecule has 0 aliphatic heterocycles. The van der Waals surface area contributed by atoms with Gasteiger partial charge in [-0.2, -0.15) is 0 Å². The lowest BCUT2D eigenvalue weighted by Gasteiger charge is -2.23. The highest BCUT2D eigenvalue weighted by molar-refractivity contribution is 7.53. The maximum Gasteiger partial charge on any atom is 0.334 e. The van der Waals surface area contributed by atoms with Crippen LogP contribution >= 0.6 is 17.2 Å². The molecule has 0 bridgehead atoms. The van der Waals surface area contributed by atoms with E-state index in [2.05, 4.69) is 4.31 Å². The molecule has 0 rings (SSSR count). The Hall–Kier alpha value is -0.140. The molecule has 0 spiro atoms. The van der Waals surface area contributed by atoms with E-state index >= 15 is 0 Å². The summed E-state index contributed by atoms with van der Waals surface area (Å²) in [6.07, 6.45) is 0. The second-order valence-corrected chi connectivity index (χ2v) is 12.9. The molecule has 0 heterocycles. The van der Waals surface area contributed by atoms with E-state index in [0.29, 0.717) is 0 Å². The normalized spacial score (nSPS) is 11.9. The molecule has 324 valence electrons. The van der Waals surface area contributed by atoms with Gasteiger partial charge in [-0.1, -0.05) is 0 Å². The topological polar surface area (TPSA) is 495 Å². The zero-order valence-electron chi connectivity index (χ0n) is 28.7. The predicted octanol–water partition coefficient (Wildman–Crippen LogP) is -10.9. The molecule has 0 aromatic carbocycles. The van der Waals surface area contributed by atoms with Gasteiger partial charge in [0.15, 0.2) is 0 Å². The molecule has 0 radical (unpaired) electrons. The molecule has 0 saturated heterocycles. The van der Waals surface area contributed by atoms with Crippen molar-refractivity contribution in [1.29, 1.82) is 0 Å². The first-order valence-electron chi connectivity index (χ1n) is 14.6. The van der Waals surface area contributed by atoms with Crippen molar-refractivity contribution in [1.82, 2.24) is 0 Å². The Kier molecular flexibility index (Phi) is 48.0. The van der Waals surface area contributed by atoms with Gasteiger partial charge in [0.25, 0.3) is 0 Å². The summed E-state index contributed by atoms with van der Waals surface area (Å²) in [5, 5.41) is 170. The van der Waals surface area contributed by atoms with Gasteiger partial charge in [-0.05, 0) is 0 Å². The molecular weight excluding hydrogens is 762 g/mol. The molecule has 24 N–H and O–H groups in total. The third-order valence-corrected chi connectivity index (χ3v) is 8.02. The quantitative estimate of drug-likeness (QED) is 0.0451. The summed E-state index contributed by atoms with van der Waals surface area (Å²) in [6.45, 7) is -8.12. The van der Waals surface area contributed by atoms with Crippen molar-refractivity contribution in [2.45, 2.75) is 0 Å². The summed E-state index contributed by atoms with van der Waals surface area (Å²) in [7, 11) is -5.22. The van der Waals surface area contributed by atoms with Crippen molar-refractivity contribution < 1.29 is 126 Å². The predicted molar refractivity (Wildman–Crippen MR) is 178 cm³/mol. The van der Waals surface area contributed by atoms with E-state index in [4.69, 9.17) is 122 Å². The molecule has 0 atom stereocenters. The van der Waals surface area contributed by atoms with Crippen molar-refractivity contribution in [3.8, 4) is 0 Å². The first-order chi connectivity index (χ1) is 24.3. The summed E-state index contributed by atoms with van der Waals surface area (Å²) in [5.74, 6) is 0. The zero-order chi connectivity index (χ0) is 42.5. The van der Waals surface area contributed by atoms with Crippen molar-refractivity contribution in [2.24, 2.45) is 27.1 Å². The number of aliphatic hydroxyl groups excluding tert-OH is 20. The van der Waals surface area contributed by atoms with E-state index < -0.39 is 176 Å². The van der Waals surface area contributed by atoms with Crippen LogP contribution in [0, 0.1) is 27.1 Å². The minimum Gasteiger partial charge on any atom is -0.396 e. The smallest absolute Gasteiger partial charge is 0.334 e. The maximum absolute atomic E-state index is 8.50. The first-order valence-corrected chi connectivity index (χ1v) is 16.9. The minimum atomic E-state index is -2.61. The van der Waals surface area contributed by atoms with Crippen LogP contribution in [0.2, 0.25) is 0 Å². The van der Waals surface area contributed by atoms with Crippen molar-refractivity contribution in [3.05, 3.63) is 0 Å². The number of hydrogen-bond acceptors (Lipinski definition) is 25. The van der Waals surface area contributed by atoms with Crippen LogP contribution in [0.5, 0.6) is 0 Å². The summed E-state index contributed by atoms with van der Waals surface area (Å²) < 4.78 is 3.60. The fourth-order valence-corrected chi connectivity index (χ4v) is 2.09. The minimum absolute atomic E-state index is 0.406. The molecule has 0 unspecified atom stereocenters. The Labute approximate surface area is 302 Å². The Bertz CT molecular complexity index is 484. The van der Waals surface area contributed by atoms with Crippen LogP contribution in [0.25, 0.3) is 0 Å². The van der Waals surface area contributed by atoms with Crippen molar-refractivity contribution in [3.63, 3.8) is 0 Å². The summed E-state index contributed by atoms with van der Waals surface area (Å²) in [5.41, 5.74) is -5.56. The lowest BCUT2D eigenvalue weighted by Crippen LogP contribution is -2.37. The van der Waals surface area contributed by atoms with Crippen LogP contribution < -0.4 is 0 Å². The highest BCUT2D eigenvalue weighted by atomic mass is 31.2. The monoisotopic (exact) mass is 826 g/mol. The molecule has 0 aromatic heterocycles. The number of aliphatic hydroxyl groups is 20. The molecule has 52 heavy (non-hydrogen) atoms. The van der Waals surface area contributed by atoms with Crippen LogP contribution in [0.4, 0.5) is 0 Å². The van der Waals surface area contributed by atoms with Gasteiger partial charge in [0.05, 0.1) is 159 Å². The van der Waals surface area contributed by atoms with E-state index in [1.165, 1.54) is 0 Å². The van der Waals surface area contributed by atoms with E-state index in [0.717, 1.165) is 0 Å². The highest BCUT2D eigenvalue weighted by Crippen LogP contribution is 2.41. The Balaban J connectivity index is -0.000000122. The van der Waals surface area contributed by atoms with Crippen LogP contribution in [0.3, 0.4) is 0 Å². The third kappa shape index (κ3) is 29.2. The first kappa shape index (κ1) is 63.8. The van der Waals surface area contributed by atoms with E-state index in [9.17, 15) is 0 Å². The lowest BCUT2D eigenvalue weighted by molar-refractivity contribution is -0.0332. The molecule has 0 aromatic rings. The largest absolute Gasteiger partial charge is 0.396 e. The van der Waals surface area contributed by atoms with Crippen LogP contribution in [-0.4, -0.2) is 254 Å². The fourth-order valence-electron chi connectivity index (χ4n) is 1.57. The molecule has 25 nitrogen and oxygen atoms in total. The summed E-state index contributed by atoms with van der Waals surface area (Å²) in [4.78, 5) is 31.3. The molecule has 0 fully saturated rings. The second kappa shape index (κ2) is 39.1. The second-order valence-electron chi connectivity index (χ2n) is 11.2. The molecule has 0 aliphatic carbocycles. The summed E-state index contributed by atoms with van der Waals surface area (Å²) in [6, 6.07) is 0. The van der Waals surface area contributed by atoms with Crippen LogP contribution in [-0.2, 0) is 4.31 Å². The molecule has 0 aliphatic rings. The van der Waals surface area contributed by atoms with Crippen LogP contribution in [0.15, 0.2) is 0 Å². The molecule has 27 heteroatoms. The van der Waals surface area contributed by atoms with E-state index in [1.54, 1.807) is 0 Å². The Morgan fingerprint density at radius 3 is 0.288 bits per heavy atom. The van der Waals surface area contributed by atoms with Gasteiger partial charge in [-0.25, -0.2) is 4.31 Å². The average Bonchev–Trinajstić information content (AvgIpc) is 3.18. The van der Waals surface area contributed by atoms with Gasteiger partial charge >= 0.3 is 17.2 Å². The van der Waals surface area contributed by atoms with Gasteiger partial charge in [0, 0.05) is 0 Å². The maximum atomic E-state index is 8.50. The Morgan fingerprint density at radius 1 is 0.212 bits per heavy atom. The van der Waals surface area contributed by atoms with E-state index in [1.807, 2.05) is 0 Å². The zero-order valence-corrected chi connectivity index (χ0v) is 30.5. The standard InChI is InChI=1S/5C5H12O4.H4O5P2/c5*6-1-5(2-7,3-8)4-9;1-6(2)5-7(3)4/h5*6-9H,1-4H2;1-4H. The Morgan fingerprint density at radius 2 is 0.288 bits per heavy atom. The van der Waals surface area contributed by atoms with Gasteiger partial charge < -0.3 is 122 Å². The highest BCUT2D eigenvalue weighted by Gasteiger charge is 2.29. The molecular formula is C25H64O25P2. The van der Waals surface area contributed by atoms with Crippen LogP contribution in [0.1, 0.15) is 0 Å². The van der Waals surface area contributed by atoms with Crippen molar-refractivity contribution >= 4 is 17.2 Å². The van der Waals surface area contributed by atoms with Gasteiger partial charge in [0.1, 0.15) is 0 Å². The average molecular weight is 827 g/mol. The molecule has 0 amide bonds.